The van der Waals surface area contributed by atoms with Crippen molar-refractivity contribution in [2.75, 3.05) is 15.5 Å². The van der Waals surface area contributed by atoms with Gasteiger partial charge in [0.1, 0.15) is 6.17 Å². The molecule has 0 radical (unpaired) electrons. The monoisotopic (exact) mass is 388 g/mol. The van der Waals surface area contributed by atoms with Gasteiger partial charge in [-0.05, 0) is 44.5 Å². The second-order valence-corrected chi connectivity index (χ2v) is 7.72. The first kappa shape index (κ1) is 18.9. The van der Waals surface area contributed by atoms with Crippen LogP contribution in [0.15, 0.2) is 60.2 Å². The van der Waals surface area contributed by atoms with Gasteiger partial charge >= 0.3 is 5.97 Å². The van der Waals surface area contributed by atoms with E-state index in [9.17, 15) is 15.2 Å². The van der Waals surface area contributed by atoms with Crippen molar-refractivity contribution < 1.29 is 9.90 Å². The van der Waals surface area contributed by atoms with E-state index in [2.05, 4.69) is 35.5 Å². The number of carboxylic acid groups (broad SMARTS) is 1. The molecule has 0 amide bonds. The summed E-state index contributed by atoms with van der Waals surface area (Å²) < 4.78 is 0. The van der Waals surface area contributed by atoms with E-state index in [0.717, 1.165) is 23.5 Å². The van der Waals surface area contributed by atoms with E-state index >= 15 is 0 Å². The third-order valence-electron chi connectivity index (χ3n) is 5.92. The van der Waals surface area contributed by atoms with Gasteiger partial charge in [0.05, 0.1) is 34.3 Å². The van der Waals surface area contributed by atoms with Crippen LogP contribution >= 0.6 is 0 Å². The molecular weight excluding hydrogens is 364 g/mol. The third-order valence-corrected chi connectivity index (χ3v) is 5.92. The molecule has 3 N–H and O–H groups in total. The number of anilines is 3. The van der Waals surface area contributed by atoms with Crippen LogP contribution in [0.1, 0.15) is 30.6 Å². The highest BCUT2D eigenvalue weighted by atomic mass is 16.4. The topological polar surface area (TPSA) is 88.4 Å². The van der Waals surface area contributed by atoms with E-state index in [1.54, 1.807) is 12.1 Å². The van der Waals surface area contributed by atoms with Gasteiger partial charge in [-0.15, -0.1) is 0 Å². The second kappa shape index (κ2) is 7.51. The molecule has 2 aromatic carbocycles. The largest absolute Gasteiger partial charge is 0.478 e. The van der Waals surface area contributed by atoms with Crippen molar-refractivity contribution in [1.82, 2.24) is 0 Å². The lowest BCUT2D eigenvalue weighted by Crippen LogP contribution is -2.35. The number of fused-ring (bicyclic) bond motifs is 1. The number of rotatable bonds is 4. The molecule has 6 nitrogen and oxygen atoms in total. The van der Waals surface area contributed by atoms with Gasteiger partial charge in [-0.25, -0.2) is 4.79 Å². The zero-order valence-electron chi connectivity index (χ0n) is 16.5. The van der Waals surface area contributed by atoms with Crippen LogP contribution in [0.4, 0.5) is 17.1 Å². The Balaban J connectivity index is 1.59. The Labute approximate surface area is 170 Å². The standard InChI is InChI=1S/C23H24N4O2/c1-14-11-16(15(2)27(14)21-10-6-3-7-18(21)23(28)29)12-17(13-24)22-25-19-8-4-5-9-20(19)26-22/h3-10,12,14-16,22,25-26H,11H2,1-2H3,(H,28,29)/b17-12-. The van der Waals surface area contributed by atoms with Gasteiger partial charge in [0.15, 0.2) is 0 Å². The van der Waals surface area contributed by atoms with Gasteiger partial charge in [0.2, 0.25) is 0 Å². The Morgan fingerprint density at radius 2 is 1.76 bits per heavy atom. The molecule has 1 saturated heterocycles. The molecule has 6 heteroatoms. The predicted molar refractivity (Wildman–Crippen MR) is 114 cm³/mol. The molecule has 2 aromatic rings. The Kier molecular flexibility index (Phi) is 4.89. The molecule has 0 bridgehead atoms. The molecule has 3 unspecified atom stereocenters. The fourth-order valence-corrected chi connectivity index (χ4v) is 4.52. The summed E-state index contributed by atoms with van der Waals surface area (Å²) in [7, 11) is 0. The summed E-state index contributed by atoms with van der Waals surface area (Å²) in [4.78, 5) is 13.9. The smallest absolute Gasteiger partial charge is 0.337 e. The summed E-state index contributed by atoms with van der Waals surface area (Å²) in [6, 6.07) is 17.6. The second-order valence-electron chi connectivity index (χ2n) is 7.72. The van der Waals surface area contributed by atoms with Crippen LogP contribution in [-0.4, -0.2) is 29.3 Å². The molecule has 29 heavy (non-hydrogen) atoms. The number of para-hydroxylation sites is 3. The molecule has 4 rings (SSSR count). The van der Waals surface area contributed by atoms with Crippen molar-refractivity contribution in [2.24, 2.45) is 5.92 Å². The average Bonchev–Trinajstić information content (AvgIpc) is 3.26. The SMILES string of the molecule is CC1CC(/C=C(/C#N)C2Nc3ccccc3N2)C(C)N1c1ccccc1C(=O)O. The summed E-state index contributed by atoms with van der Waals surface area (Å²) >= 11 is 0. The number of carboxylic acids is 1. The van der Waals surface area contributed by atoms with Crippen molar-refractivity contribution in [1.29, 1.82) is 5.26 Å². The minimum absolute atomic E-state index is 0.0811. The zero-order valence-corrected chi connectivity index (χ0v) is 16.5. The highest BCUT2D eigenvalue weighted by molar-refractivity contribution is 5.94. The summed E-state index contributed by atoms with van der Waals surface area (Å²) in [5.41, 5.74) is 3.68. The van der Waals surface area contributed by atoms with Crippen LogP contribution in [-0.2, 0) is 0 Å². The van der Waals surface area contributed by atoms with Gasteiger partial charge in [-0.1, -0.05) is 30.3 Å². The highest BCUT2D eigenvalue weighted by Crippen LogP contribution is 2.38. The van der Waals surface area contributed by atoms with Crippen LogP contribution in [0.5, 0.6) is 0 Å². The number of carbonyl (C=O) groups is 1. The maximum Gasteiger partial charge on any atom is 0.337 e. The Hall–Kier alpha value is -3.46. The van der Waals surface area contributed by atoms with Crippen molar-refractivity contribution in [3.05, 3.63) is 65.7 Å². The lowest BCUT2D eigenvalue weighted by Gasteiger charge is -2.31. The Bertz CT molecular complexity index is 985. The highest BCUT2D eigenvalue weighted by Gasteiger charge is 2.37. The summed E-state index contributed by atoms with van der Waals surface area (Å²) in [6.45, 7) is 4.21. The van der Waals surface area contributed by atoms with E-state index in [-0.39, 0.29) is 24.2 Å². The number of hydrogen-bond acceptors (Lipinski definition) is 5. The lowest BCUT2D eigenvalue weighted by atomic mass is 9.96. The van der Waals surface area contributed by atoms with Crippen LogP contribution < -0.4 is 15.5 Å². The van der Waals surface area contributed by atoms with E-state index in [4.69, 9.17) is 0 Å². The van der Waals surface area contributed by atoms with Crippen molar-refractivity contribution in [3.8, 4) is 6.07 Å². The summed E-state index contributed by atoms with van der Waals surface area (Å²) in [5.74, 6) is -0.775. The van der Waals surface area contributed by atoms with Gasteiger partial charge in [0, 0.05) is 18.0 Å². The quantitative estimate of drug-likeness (QED) is 0.677. The van der Waals surface area contributed by atoms with E-state index < -0.39 is 5.97 Å². The first-order valence-electron chi connectivity index (χ1n) is 9.84. The first-order valence-corrected chi connectivity index (χ1v) is 9.84. The van der Waals surface area contributed by atoms with Crippen LogP contribution in [0, 0.1) is 17.2 Å². The third kappa shape index (κ3) is 3.40. The number of hydrogen-bond donors (Lipinski definition) is 3. The summed E-state index contributed by atoms with van der Waals surface area (Å²) in [6.07, 6.45) is 2.65. The zero-order chi connectivity index (χ0) is 20.5. The molecule has 2 aliphatic heterocycles. The molecule has 0 saturated carbocycles. The predicted octanol–water partition coefficient (Wildman–Crippen LogP) is 4.30. The van der Waals surface area contributed by atoms with Gasteiger partial charge in [-0.2, -0.15) is 5.26 Å². The van der Waals surface area contributed by atoms with Crippen molar-refractivity contribution in [3.63, 3.8) is 0 Å². The van der Waals surface area contributed by atoms with Gasteiger partial charge < -0.3 is 20.6 Å². The van der Waals surface area contributed by atoms with Crippen molar-refractivity contribution in [2.45, 2.75) is 38.5 Å². The molecular formula is C23H24N4O2. The van der Waals surface area contributed by atoms with Crippen molar-refractivity contribution >= 4 is 23.0 Å². The minimum Gasteiger partial charge on any atom is -0.478 e. The molecule has 2 aliphatic rings. The van der Waals surface area contributed by atoms with E-state index in [1.165, 1.54) is 0 Å². The van der Waals surface area contributed by atoms with E-state index in [1.807, 2.05) is 42.5 Å². The number of aromatic carboxylic acids is 1. The molecule has 0 aliphatic carbocycles. The molecule has 0 aromatic heterocycles. The number of nitrogens with one attached hydrogen (secondary N) is 2. The summed E-state index contributed by atoms with van der Waals surface area (Å²) in [5, 5.41) is 26.1. The first-order chi connectivity index (χ1) is 14.0. The molecule has 1 fully saturated rings. The normalized spacial score (nSPS) is 23.8. The number of nitrogens with zero attached hydrogens (tertiary/aromatic N) is 2. The number of benzene rings is 2. The van der Waals surface area contributed by atoms with Gasteiger partial charge in [-0.3, -0.25) is 0 Å². The maximum atomic E-state index is 11.7. The van der Waals surface area contributed by atoms with Crippen LogP contribution in [0.2, 0.25) is 0 Å². The maximum absolute atomic E-state index is 11.7. The number of nitriles is 1. The fraction of sp³-hybridized carbons (Fsp3) is 0.304. The molecule has 0 spiro atoms. The molecule has 2 heterocycles. The van der Waals surface area contributed by atoms with Gasteiger partial charge in [0.25, 0.3) is 0 Å². The molecule has 3 atom stereocenters. The molecule has 148 valence electrons. The Morgan fingerprint density at radius 3 is 2.38 bits per heavy atom. The van der Waals surface area contributed by atoms with Crippen LogP contribution in [0.3, 0.4) is 0 Å². The average molecular weight is 388 g/mol. The van der Waals surface area contributed by atoms with Crippen LogP contribution in [0.25, 0.3) is 0 Å². The lowest BCUT2D eigenvalue weighted by molar-refractivity contribution is 0.0697. The Morgan fingerprint density at radius 1 is 1.14 bits per heavy atom. The fourth-order valence-electron chi connectivity index (χ4n) is 4.52. The minimum atomic E-state index is -0.922. The van der Waals surface area contributed by atoms with E-state index in [0.29, 0.717) is 11.1 Å².